The van der Waals surface area contributed by atoms with Crippen LogP contribution in [0, 0.1) is 0 Å². The molecule has 0 fully saturated rings. The SMILES string of the molecule is COc1cc2c(cc1OC)CN(C(=O)Nc1ccc(O)c(Cl)c1)CC2. The number of rotatable bonds is 3. The van der Waals surface area contributed by atoms with Crippen molar-refractivity contribution in [3.8, 4) is 17.2 Å². The van der Waals surface area contributed by atoms with Gasteiger partial charge >= 0.3 is 6.03 Å². The molecule has 0 aliphatic carbocycles. The topological polar surface area (TPSA) is 71.0 Å². The molecule has 132 valence electrons. The molecule has 1 heterocycles. The number of hydrogen-bond acceptors (Lipinski definition) is 4. The number of amides is 2. The minimum Gasteiger partial charge on any atom is -0.506 e. The van der Waals surface area contributed by atoms with Crippen LogP contribution in [0.1, 0.15) is 11.1 Å². The first-order chi connectivity index (χ1) is 12.0. The number of urea groups is 1. The Morgan fingerprint density at radius 2 is 1.84 bits per heavy atom. The normalized spacial score (nSPS) is 13.2. The maximum absolute atomic E-state index is 12.5. The van der Waals surface area contributed by atoms with Crippen LogP contribution in [0.25, 0.3) is 0 Å². The zero-order valence-electron chi connectivity index (χ0n) is 14.0. The third-order valence-electron chi connectivity index (χ3n) is 4.20. The molecular formula is C18H19ClN2O4. The van der Waals surface area contributed by atoms with Crippen LogP contribution in [0.3, 0.4) is 0 Å². The molecular weight excluding hydrogens is 344 g/mol. The minimum atomic E-state index is -0.220. The molecule has 25 heavy (non-hydrogen) atoms. The number of nitrogens with zero attached hydrogens (tertiary/aromatic N) is 1. The van der Waals surface area contributed by atoms with Crippen molar-refractivity contribution in [3.05, 3.63) is 46.5 Å². The van der Waals surface area contributed by atoms with Gasteiger partial charge in [-0.1, -0.05) is 11.6 Å². The van der Waals surface area contributed by atoms with Crippen LogP contribution in [0.5, 0.6) is 17.2 Å². The Balaban J connectivity index is 1.75. The third-order valence-corrected chi connectivity index (χ3v) is 4.51. The van der Waals surface area contributed by atoms with E-state index in [0.29, 0.717) is 30.3 Å². The lowest BCUT2D eigenvalue weighted by Gasteiger charge is -2.29. The first kappa shape index (κ1) is 17.2. The maximum Gasteiger partial charge on any atom is 0.322 e. The number of ether oxygens (including phenoxy) is 2. The number of hydrogen-bond donors (Lipinski definition) is 2. The molecule has 0 atom stereocenters. The highest BCUT2D eigenvalue weighted by Crippen LogP contribution is 2.33. The Labute approximate surface area is 150 Å². The van der Waals surface area contributed by atoms with Gasteiger partial charge in [0.2, 0.25) is 0 Å². The summed E-state index contributed by atoms with van der Waals surface area (Å²) in [4.78, 5) is 14.2. The van der Waals surface area contributed by atoms with E-state index < -0.39 is 0 Å². The second kappa shape index (κ2) is 7.11. The number of methoxy groups -OCH3 is 2. The fraction of sp³-hybridized carbons (Fsp3) is 0.278. The maximum atomic E-state index is 12.5. The molecule has 2 aromatic carbocycles. The van der Waals surface area contributed by atoms with Crippen molar-refractivity contribution in [2.45, 2.75) is 13.0 Å². The van der Waals surface area contributed by atoms with E-state index in [1.807, 2.05) is 12.1 Å². The van der Waals surface area contributed by atoms with E-state index in [2.05, 4.69) is 5.32 Å². The first-order valence-electron chi connectivity index (χ1n) is 7.80. The summed E-state index contributed by atoms with van der Waals surface area (Å²) in [7, 11) is 3.20. The van der Waals surface area contributed by atoms with E-state index in [1.165, 1.54) is 12.1 Å². The zero-order valence-corrected chi connectivity index (χ0v) is 14.8. The van der Waals surface area contributed by atoms with Crippen LogP contribution in [-0.4, -0.2) is 36.8 Å². The van der Waals surface area contributed by atoms with Crippen LogP contribution < -0.4 is 14.8 Å². The molecule has 2 N–H and O–H groups in total. The molecule has 0 bridgehead atoms. The number of nitrogens with one attached hydrogen (secondary N) is 1. The standard InChI is InChI=1S/C18H19ClN2O4/c1-24-16-7-11-5-6-21(10-12(11)8-17(16)25-2)18(23)20-13-3-4-15(22)14(19)9-13/h3-4,7-9,22H,5-6,10H2,1-2H3,(H,20,23). The Bertz CT molecular complexity index is 810. The highest BCUT2D eigenvalue weighted by Gasteiger charge is 2.23. The average Bonchev–Trinajstić information content (AvgIpc) is 2.63. The van der Waals surface area contributed by atoms with Crippen LogP contribution in [0.15, 0.2) is 30.3 Å². The molecule has 0 radical (unpaired) electrons. The lowest BCUT2D eigenvalue weighted by atomic mass is 9.99. The molecule has 1 aliphatic rings. The zero-order chi connectivity index (χ0) is 18.0. The quantitative estimate of drug-likeness (QED) is 0.817. The molecule has 3 rings (SSSR count). The number of carbonyl (C=O) groups excluding carboxylic acids is 1. The molecule has 0 aromatic heterocycles. The Kier molecular flexibility index (Phi) is 4.90. The van der Waals surface area contributed by atoms with E-state index in [4.69, 9.17) is 21.1 Å². The molecule has 0 saturated heterocycles. The van der Waals surface area contributed by atoms with E-state index in [0.717, 1.165) is 17.5 Å². The largest absolute Gasteiger partial charge is 0.506 e. The molecule has 2 amide bonds. The highest BCUT2D eigenvalue weighted by atomic mass is 35.5. The molecule has 0 saturated carbocycles. The Hall–Kier alpha value is -2.60. The Morgan fingerprint density at radius 1 is 1.16 bits per heavy atom. The number of fused-ring (bicyclic) bond motifs is 1. The summed E-state index contributed by atoms with van der Waals surface area (Å²) in [6, 6.07) is 8.21. The van der Waals surface area contributed by atoms with Gasteiger partial charge in [0.25, 0.3) is 0 Å². The Morgan fingerprint density at radius 3 is 2.48 bits per heavy atom. The summed E-state index contributed by atoms with van der Waals surface area (Å²) >= 11 is 5.87. The fourth-order valence-electron chi connectivity index (χ4n) is 2.84. The lowest BCUT2D eigenvalue weighted by molar-refractivity contribution is 0.206. The molecule has 7 heteroatoms. The summed E-state index contributed by atoms with van der Waals surface area (Å²) in [6.07, 6.45) is 0.736. The number of carbonyl (C=O) groups is 1. The van der Waals surface area contributed by atoms with Crippen molar-refractivity contribution in [2.24, 2.45) is 0 Å². The lowest BCUT2D eigenvalue weighted by Crippen LogP contribution is -2.38. The summed E-state index contributed by atoms with van der Waals surface area (Å²) < 4.78 is 10.7. The molecule has 0 unspecified atom stereocenters. The number of anilines is 1. The van der Waals surface area contributed by atoms with Gasteiger partial charge in [-0.25, -0.2) is 4.79 Å². The molecule has 6 nitrogen and oxygen atoms in total. The smallest absolute Gasteiger partial charge is 0.322 e. The van der Waals surface area contributed by atoms with Gasteiger partial charge in [0.1, 0.15) is 5.75 Å². The average molecular weight is 363 g/mol. The number of aromatic hydroxyl groups is 1. The first-order valence-corrected chi connectivity index (χ1v) is 8.18. The van der Waals surface area contributed by atoms with E-state index in [-0.39, 0.29) is 16.8 Å². The summed E-state index contributed by atoms with van der Waals surface area (Å²) in [5.74, 6) is 1.32. The third kappa shape index (κ3) is 3.58. The van der Waals surface area contributed by atoms with Gasteiger partial charge in [-0.2, -0.15) is 0 Å². The fourth-order valence-corrected chi connectivity index (χ4v) is 3.02. The van der Waals surface area contributed by atoms with Crippen LogP contribution in [0.2, 0.25) is 5.02 Å². The summed E-state index contributed by atoms with van der Waals surface area (Å²) in [5, 5.41) is 12.4. The van der Waals surface area contributed by atoms with Gasteiger partial charge in [0.05, 0.1) is 19.2 Å². The monoisotopic (exact) mass is 362 g/mol. The van der Waals surface area contributed by atoms with Gasteiger partial charge in [-0.05, 0) is 47.9 Å². The number of phenolic OH excluding ortho intramolecular Hbond substituents is 1. The van der Waals surface area contributed by atoms with E-state index >= 15 is 0 Å². The van der Waals surface area contributed by atoms with Crippen LogP contribution >= 0.6 is 11.6 Å². The van der Waals surface area contributed by atoms with Gasteiger partial charge < -0.3 is 24.8 Å². The van der Waals surface area contributed by atoms with Gasteiger partial charge in [0, 0.05) is 18.8 Å². The van der Waals surface area contributed by atoms with Crippen molar-refractivity contribution in [1.82, 2.24) is 4.90 Å². The van der Waals surface area contributed by atoms with E-state index in [1.54, 1.807) is 25.2 Å². The van der Waals surface area contributed by atoms with Gasteiger partial charge in [-0.15, -0.1) is 0 Å². The van der Waals surface area contributed by atoms with Crippen molar-refractivity contribution >= 4 is 23.3 Å². The summed E-state index contributed by atoms with van der Waals surface area (Å²) in [5.41, 5.74) is 2.71. The summed E-state index contributed by atoms with van der Waals surface area (Å²) in [6.45, 7) is 1.08. The second-order valence-electron chi connectivity index (χ2n) is 5.74. The van der Waals surface area contributed by atoms with Crippen LogP contribution in [0.4, 0.5) is 10.5 Å². The number of phenols is 1. The van der Waals surface area contributed by atoms with Crippen molar-refractivity contribution in [3.63, 3.8) is 0 Å². The van der Waals surface area contributed by atoms with Gasteiger partial charge in [-0.3, -0.25) is 0 Å². The van der Waals surface area contributed by atoms with Crippen molar-refractivity contribution in [2.75, 3.05) is 26.1 Å². The predicted octanol–water partition coefficient (Wildman–Crippen LogP) is 3.65. The minimum absolute atomic E-state index is 0.0207. The van der Waals surface area contributed by atoms with Crippen LogP contribution in [-0.2, 0) is 13.0 Å². The number of benzene rings is 2. The second-order valence-corrected chi connectivity index (χ2v) is 6.15. The molecule has 0 spiro atoms. The van der Waals surface area contributed by atoms with Crippen molar-refractivity contribution < 1.29 is 19.4 Å². The highest BCUT2D eigenvalue weighted by molar-refractivity contribution is 6.32. The molecule has 2 aromatic rings. The predicted molar refractivity (Wildman–Crippen MR) is 95.8 cm³/mol. The van der Waals surface area contributed by atoms with Gasteiger partial charge in [0.15, 0.2) is 11.5 Å². The van der Waals surface area contributed by atoms with Crippen molar-refractivity contribution in [1.29, 1.82) is 0 Å². The van der Waals surface area contributed by atoms with E-state index in [9.17, 15) is 9.90 Å². The number of halogens is 1. The molecule has 1 aliphatic heterocycles.